The number of hydrogen-bond donors (Lipinski definition) is 3. The summed E-state index contributed by atoms with van der Waals surface area (Å²) in [7, 11) is 0. The summed E-state index contributed by atoms with van der Waals surface area (Å²) in [5.41, 5.74) is 10.2. The van der Waals surface area contributed by atoms with Crippen LogP contribution >= 0.6 is 11.8 Å². The lowest BCUT2D eigenvalue weighted by molar-refractivity contribution is 0.378. The molecule has 8 heteroatoms. The summed E-state index contributed by atoms with van der Waals surface area (Å²) in [6.07, 6.45) is 0.697. The highest BCUT2D eigenvalue weighted by atomic mass is 32.2. The van der Waals surface area contributed by atoms with Crippen LogP contribution in [0, 0.1) is 5.41 Å². The quantitative estimate of drug-likeness (QED) is 0.496. The number of aromatic nitrogens is 2. The summed E-state index contributed by atoms with van der Waals surface area (Å²) in [6.45, 7) is 1.92. The molecule has 0 radical (unpaired) electrons. The van der Waals surface area contributed by atoms with Crippen molar-refractivity contribution in [1.82, 2.24) is 10.1 Å². The van der Waals surface area contributed by atoms with Gasteiger partial charge in [0.05, 0.1) is 5.75 Å². The fourth-order valence-corrected chi connectivity index (χ4v) is 1.33. The minimum atomic E-state index is -0.130. The third-order valence-electron chi connectivity index (χ3n) is 1.38. The molecular weight excluding hydrogens is 216 g/mol. The number of nitrogens with one attached hydrogen (secondary N) is 1. The molecular formula is C7H12N6OS. The van der Waals surface area contributed by atoms with E-state index in [0.717, 1.165) is 11.8 Å². The van der Waals surface area contributed by atoms with E-state index in [4.69, 9.17) is 21.4 Å². The highest BCUT2D eigenvalue weighted by molar-refractivity contribution is 8.13. The third-order valence-corrected chi connectivity index (χ3v) is 2.15. The summed E-state index contributed by atoms with van der Waals surface area (Å²) < 4.78 is 4.90. The van der Waals surface area contributed by atoms with Gasteiger partial charge in [-0.25, -0.2) is 0 Å². The molecule has 0 unspecified atom stereocenters. The van der Waals surface area contributed by atoms with E-state index in [1.54, 1.807) is 0 Å². The molecule has 1 aromatic rings. The molecule has 0 aliphatic heterocycles. The molecule has 0 spiro atoms. The lowest BCUT2D eigenvalue weighted by Gasteiger charge is -1.94. The van der Waals surface area contributed by atoms with E-state index in [0.29, 0.717) is 23.9 Å². The van der Waals surface area contributed by atoms with Crippen LogP contribution < -0.4 is 11.5 Å². The molecule has 5 N–H and O–H groups in total. The number of aliphatic imine (C=N–C) groups is 1. The van der Waals surface area contributed by atoms with E-state index in [2.05, 4.69) is 15.1 Å². The minimum absolute atomic E-state index is 0.0258. The summed E-state index contributed by atoms with van der Waals surface area (Å²) in [4.78, 5) is 7.63. The van der Waals surface area contributed by atoms with Crippen molar-refractivity contribution in [2.24, 2.45) is 16.5 Å². The molecule has 0 bridgehead atoms. The molecule has 15 heavy (non-hydrogen) atoms. The number of aryl methyl sites for hydroxylation is 1. The zero-order valence-electron chi connectivity index (χ0n) is 8.23. The Morgan fingerprint density at radius 2 is 2.33 bits per heavy atom. The predicted octanol–water partition coefficient (Wildman–Crippen LogP) is 0.0734. The second-order valence-corrected chi connectivity index (χ2v) is 3.55. The van der Waals surface area contributed by atoms with Gasteiger partial charge in [-0.3, -0.25) is 5.41 Å². The zero-order chi connectivity index (χ0) is 11.3. The average Bonchev–Trinajstić information content (AvgIpc) is 2.61. The van der Waals surface area contributed by atoms with Crippen LogP contribution in [0.15, 0.2) is 9.52 Å². The number of amidine groups is 1. The number of thioether (sulfide) groups is 1. The molecule has 0 aliphatic carbocycles. The maximum atomic E-state index is 7.35. The molecule has 82 valence electrons. The van der Waals surface area contributed by atoms with Gasteiger partial charge in [0.1, 0.15) is 0 Å². The molecule has 1 aromatic heterocycles. The summed E-state index contributed by atoms with van der Waals surface area (Å²) in [5, 5.41) is 11.1. The van der Waals surface area contributed by atoms with E-state index in [-0.39, 0.29) is 11.1 Å². The zero-order valence-corrected chi connectivity index (χ0v) is 9.04. The van der Waals surface area contributed by atoms with Gasteiger partial charge in [-0.05, 0) is 0 Å². The molecule has 0 aromatic carbocycles. The monoisotopic (exact) mass is 228 g/mol. The molecule has 0 saturated heterocycles. The van der Waals surface area contributed by atoms with Crippen LogP contribution in [0.3, 0.4) is 0 Å². The van der Waals surface area contributed by atoms with Crippen LogP contribution in [0.4, 0.5) is 0 Å². The first-order chi connectivity index (χ1) is 7.11. The Labute approximate surface area is 90.8 Å². The lowest BCUT2D eigenvalue weighted by atomic mass is 10.5. The van der Waals surface area contributed by atoms with Gasteiger partial charge < -0.3 is 16.0 Å². The molecule has 0 saturated carbocycles. The topological polar surface area (TPSA) is 127 Å². The number of nitrogens with zero attached hydrogens (tertiary/aromatic N) is 3. The van der Waals surface area contributed by atoms with Gasteiger partial charge in [-0.15, -0.1) is 0 Å². The van der Waals surface area contributed by atoms with Gasteiger partial charge >= 0.3 is 0 Å². The van der Waals surface area contributed by atoms with Gasteiger partial charge in [-0.1, -0.05) is 23.8 Å². The van der Waals surface area contributed by atoms with Crippen LogP contribution in [0.5, 0.6) is 0 Å². The SMILES string of the molecule is CCc1nc(CSC(=N)N=C(N)N)no1. The van der Waals surface area contributed by atoms with Crippen LogP contribution in [-0.4, -0.2) is 21.3 Å². The number of hydrogen-bond acceptors (Lipinski definition) is 5. The number of nitrogens with two attached hydrogens (primary N) is 2. The van der Waals surface area contributed by atoms with Crippen LogP contribution in [-0.2, 0) is 12.2 Å². The van der Waals surface area contributed by atoms with Gasteiger partial charge in [0, 0.05) is 6.42 Å². The van der Waals surface area contributed by atoms with E-state index in [9.17, 15) is 0 Å². The van der Waals surface area contributed by atoms with Gasteiger partial charge in [0.2, 0.25) is 5.89 Å². The smallest absolute Gasteiger partial charge is 0.226 e. The molecule has 0 aliphatic rings. The van der Waals surface area contributed by atoms with Crippen molar-refractivity contribution in [1.29, 1.82) is 5.41 Å². The van der Waals surface area contributed by atoms with E-state index >= 15 is 0 Å². The van der Waals surface area contributed by atoms with Crippen molar-refractivity contribution >= 4 is 22.9 Å². The van der Waals surface area contributed by atoms with Crippen molar-refractivity contribution in [3.05, 3.63) is 11.7 Å². The van der Waals surface area contributed by atoms with Crippen molar-refractivity contribution in [3.8, 4) is 0 Å². The second-order valence-electron chi connectivity index (χ2n) is 2.59. The van der Waals surface area contributed by atoms with Crippen molar-refractivity contribution in [2.75, 3.05) is 0 Å². The molecule has 1 rings (SSSR count). The maximum absolute atomic E-state index is 7.35. The first-order valence-corrected chi connectivity index (χ1v) is 5.22. The lowest BCUT2D eigenvalue weighted by Crippen LogP contribution is -2.23. The fourth-order valence-electron chi connectivity index (χ4n) is 0.775. The minimum Gasteiger partial charge on any atom is -0.370 e. The van der Waals surface area contributed by atoms with Crippen LogP contribution in [0.1, 0.15) is 18.6 Å². The number of rotatable bonds is 3. The summed E-state index contributed by atoms with van der Waals surface area (Å²) in [5.74, 6) is 1.40. The third kappa shape index (κ3) is 3.98. The van der Waals surface area contributed by atoms with E-state index in [1.165, 1.54) is 0 Å². The molecule has 0 amide bonds. The summed E-state index contributed by atoms with van der Waals surface area (Å²) in [6, 6.07) is 0. The van der Waals surface area contributed by atoms with E-state index in [1.807, 2.05) is 6.92 Å². The molecule has 7 nitrogen and oxygen atoms in total. The molecule has 0 fully saturated rings. The maximum Gasteiger partial charge on any atom is 0.226 e. The second kappa shape index (κ2) is 5.35. The highest BCUT2D eigenvalue weighted by Gasteiger charge is 2.05. The molecule has 0 atom stereocenters. The van der Waals surface area contributed by atoms with Gasteiger partial charge in [-0.2, -0.15) is 9.98 Å². The first-order valence-electron chi connectivity index (χ1n) is 4.24. The Kier molecular flexibility index (Phi) is 4.10. The van der Waals surface area contributed by atoms with Gasteiger partial charge in [0.25, 0.3) is 0 Å². The number of guanidine groups is 1. The Bertz CT molecular complexity index is 369. The molecule has 1 heterocycles. The van der Waals surface area contributed by atoms with Crippen molar-refractivity contribution in [2.45, 2.75) is 19.1 Å². The summed E-state index contributed by atoms with van der Waals surface area (Å²) >= 11 is 1.13. The van der Waals surface area contributed by atoms with Crippen molar-refractivity contribution in [3.63, 3.8) is 0 Å². The standard InChI is InChI=1S/C7H12N6OS/c1-2-5-11-4(13-14-5)3-15-7(10)12-6(8)9/h2-3H2,1H3,(H5,8,9,10,12). The average molecular weight is 228 g/mol. The van der Waals surface area contributed by atoms with Crippen LogP contribution in [0.2, 0.25) is 0 Å². The largest absolute Gasteiger partial charge is 0.370 e. The van der Waals surface area contributed by atoms with Gasteiger partial charge in [0.15, 0.2) is 17.0 Å². The first kappa shape index (κ1) is 11.5. The highest BCUT2D eigenvalue weighted by Crippen LogP contribution is 2.11. The van der Waals surface area contributed by atoms with Crippen molar-refractivity contribution < 1.29 is 4.52 Å². The Hall–Kier alpha value is -1.57. The van der Waals surface area contributed by atoms with Crippen LogP contribution in [0.25, 0.3) is 0 Å². The fraction of sp³-hybridized carbons (Fsp3) is 0.429. The normalized spacial score (nSPS) is 9.93. The van der Waals surface area contributed by atoms with E-state index < -0.39 is 0 Å². The Morgan fingerprint density at radius 3 is 2.87 bits per heavy atom. The predicted molar refractivity (Wildman–Crippen MR) is 58.5 cm³/mol. The Morgan fingerprint density at radius 1 is 1.60 bits per heavy atom. The Balaban J connectivity index is 2.43.